The number of aromatic carboxylic acids is 1. The van der Waals surface area contributed by atoms with Crippen molar-refractivity contribution in [3.05, 3.63) is 23.7 Å². The molecule has 0 spiro atoms. The van der Waals surface area contributed by atoms with Crippen molar-refractivity contribution in [1.29, 1.82) is 0 Å². The summed E-state index contributed by atoms with van der Waals surface area (Å²) in [5.74, 6) is -0.976. The monoisotopic (exact) mass is 177 g/mol. The number of hydrogen-bond acceptors (Lipinski definition) is 3. The molecule has 0 radical (unpaired) electrons. The SMILES string of the molecule is Cc1nncc2[nH]c(C(=O)O)cc12. The summed E-state index contributed by atoms with van der Waals surface area (Å²) in [7, 11) is 0. The van der Waals surface area contributed by atoms with Gasteiger partial charge < -0.3 is 10.1 Å². The zero-order chi connectivity index (χ0) is 9.42. The number of nitrogens with zero attached hydrogens (tertiary/aromatic N) is 2. The molecule has 0 unspecified atom stereocenters. The third-order valence-electron chi connectivity index (χ3n) is 1.86. The molecule has 0 saturated carbocycles. The van der Waals surface area contributed by atoms with Gasteiger partial charge in [0.05, 0.1) is 17.4 Å². The summed E-state index contributed by atoms with van der Waals surface area (Å²) < 4.78 is 0. The van der Waals surface area contributed by atoms with Crippen LogP contribution in [0.2, 0.25) is 0 Å². The van der Waals surface area contributed by atoms with Gasteiger partial charge in [0.15, 0.2) is 0 Å². The van der Waals surface area contributed by atoms with E-state index in [2.05, 4.69) is 15.2 Å². The largest absolute Gasteiger partial charge is 0.477 e. The standard InChI is InChI=1S/C8H7N3O2/c1-4-5-2-6(8(12)13)10-7(5)3-9-11-4/h2-3,10H,1H3,(H,12,13). The van der Waals surface area contributed by atoms with Crippen molar-refractivity contribution in [2.45, 2.75) is 6.92 Å². The van der Waals surface area contributed by atoms with Crippen molar-refractivity contribution in [1.82, 2.24) is 15.2 Å². The molecule has 0 fully saturated rings. The Morgan fingerprint density at radius 3 is 3.00 bits per heavy atom. The summed E-state index contributed by atoms with van der Waals surface area (Å²) >= 11 is 0. The zero-order valence-electron chi connectivity index (χ0n) is 6.90. The minimum absolute atomic E-state index is 0.160. The highest BCUT2D eigenvalue weighted by Crippen LogP contribution is 2.15. The van der Waals surface area contributed by atoms with E-state index in [4.69, 9.17) is 5.11 Å². The Morgan fingerprint density at radius 1 is 1.62 bits per heavy atom. The summed E-state index contributed by atoms with van der Waals surface area (Å²) in [6.45, 7) is 1.79. The van der Waals surface area contributed by atoms with Crippen LogP contribution >= 0.6 is 0 Å². The van der Waals surface area contributed by atoms with E-state index in [9.17, 15) is 4.79 Å². The van der Waals surface area contributed by atoms with Gasteiger partial charge in [-0.25, -0.2) is 4.79 Å². The van der Waals surface area contributed by atoms with Crippen molar-refractivity contribution in [2.24, 2.45) is 0 Å². The van der Waals surface area contributed by atoms with Gasteiger partial charge in [0, 0.05) is 5.39 Å². The van der Waals surface area contributed by atoms with Gasteiger partial charge in [0.1, 0.15) is 5.69 Å². The number of fused-ring (bicyclic) bond motifs is 1. The van der Waals surface area contributed by atoms with E-state index in [-0.39, 0.29) is 5.69 Å². The lowest BCUT2D eigenvalue weighted by atomic mass is 10.3. The summed E-state index contributed by atoms with van der Waals surface area (Å²) in [5.41, 5.74) is 1.58. The van der Waals surface area contributed by atoms with Crippen LogP contribution in [-0.2, 0) is 0 Å². The highest BCUT2D eigenvalue weighted by atomic mass is 16.4. The normalized spacial score (nSPS) is 10.5. The van der Waals surface area contributed by atoms with E-state index in [1.54, 1.807) is 13.0 Å². The first kappa shape index (κ1) is 7.72. The average molecular weight is 177 g/mol. The molecule has 0 aliphatic rings. The maximum absolute atomic E-state index is 10.6. The van der Waals surface area contributed by atoms with E-state index in [1.807, 2.05) is 0 Å². The quantitative estimate of drug-likeness (QED) is 0.680. The van der Waals surface area contributed by atoms with Crippen LogP contribution in [0.15, 0.2) is 12.3 Å². The third-order valence-corrected chi connectivity index (χ3v) is 1.86. The van der Waals surface area contributed by atoms with Gasteiger partial charge in [-0.05, 0) is 13.0 Å². The number of aryl methyl sites for hydroxylation is 1. The molecule has 0 atom stereocenters. The van der Waals surface area contributed by atoms with Gasteiger partial charge in [0.25, 0.3) is 0 Å². The molecule has 13 heavy (non-hydrogen) atoms. The minimum atomic E-state index is -0.976. The summed E-state index contributed by atoms with van der Waals surface area (Å²) in [4.78, 5) is 13.3. The highest BCUT2D eigenvalue weighted by molar-refractivity contribution is 5.94. The number of carbonyl (C=O) groups is 1. The number of nitrogens with one attached hydrogen (secondary N) is 1. The van der Waals surface area contributed by atoms with Gasteiger partial charge in [0.2, 0.25) is 0 Å². The van der Waals surface area contributed by atoms with Gasteiger partial charge in [-0.2, -0.15) is 10.2 Å². The highest BCUT2D eigenvalue weighted by Gasteiger charge is 2.08. The lowest BCUT2D eigenvalue weighted by Crippen LogP contribution is -1.94. The number of aromatic nitrogens is 3. The zero-order valence-corrected chi connectivity index (χ0v) is 6.90. The molecule has 0 aromatic carbocycles. The first-order valence-electron chi connectivity index (χ1n) is 3.73. The van der Waals surface area contributed by atoms with Crippen molar-refractivity contribution in [3.8, 4) is 0 Å². The molecule has 2 rings (SSSR count). The first-order valence-corrected chi connectivity index (χ1v) is 3.73. The molecule has 0 aliphatic heterocycles. The van der Waals surface area contributed by atoms with Crippen LogP contribution in [0.25, 0.3) is 10.9 Å². The molecule has 2 aromatic rings. The Morgan fingerprint density at radius 2 is 2.38 bits per heavy atom. The number of aromatic amines is 1. The number of carboxylic acid groups (broad SMARTS) is 1. The van der Waals surface area contributed by atoms with E-state index >= 15 is 0 Å². The first-order chi connectivity index (χ1) is 6.18. The number of H-pyrrole nitrogens is 1. The van der Waals surface area contributed by atoms with E-state index in [1.165, 1.54) is 6.20 Å². The van der Waals surface area contributed by atoms with Gasteiger partial charge in [-0.15, -0.1) is 0 Å². The summed E-state index contributed by atoms with van der Waals surface area (Å²) in [6, 6.07) is 1.56. The minimum Gasteiger partial charge on any atom is -0.477 e. The predicted octanol–water partition coefficient (Wildman–Crippen LogP) is 0.965. The van der Waals surface area contributed by atoms with Gasteiger partial charge >= 0.3 is 5.97 Å². The molecule has 0 aliphatic carbocycles. The number of carboxylic acids is 1. The van der Waals surface area contributed by atoms with Crippen LogP contribution in [-0.4, -0.2) is 26.3 Å². The lowest BCUT2D eigenvalue weighted by molar-refractivity contribution is 0.0691. The molecule has 66 valence electrons. The molecular formula is C8H7N3O2. The Bertz CT molecular complexity index is 475. The van der Waals surface area contributed by atoms with Gasteiger partial charge in [-0.3, -0.25) is 0 Å². The van der Waals surface area contributed by atoms with Crippen molar-refractivity contribution in [2.75, 3.05) is 0 Å². The third kappa shape index (κ3) is 1.14. The summed E-state index contributed by atoms with van der Waals surface area (Å²) in [5, 5.41) is 17.0. The Labute approximate surface area is 73.4 Å². The molecule has 5 nitrogen and oxygen atoms in total. The second kappa shape index (κ2) is 2.55. The molecule has 2 aromatic heterocycles. The molecule has 0 amide bonds. The second-order valence-corrected chi connectivity index (χ2v) is 2.75. The van der Waals surface area contributed by atoms with Crippen LogP contribution in [0.5, 0.6) is 0 Å². The van der Waals surface area contributed by atoms with Crippen molar-refractivity contribution >= 4 is 16.9 Å². The molecule has 5 heteroatoms. The Balaban J connectivity index is 2.75. The molecule has 2 N–H and O–H groups in total. The number of rotatable bonds is 1. The topological polar surface area (TPSA) is 78.9 Å². The van der Waals surface area contributed by atoms with E-state index < -0.39 is 5.97 Å². The Hall–Kier alpha value is -1.91. The molecule has 2 heterocycles. The predicted molar refractivity (Wildman–Crippen MR) is 45.6 cm³/mol. The maximum atomic E-state index is 10.6. The van der Waals surface area contributed by atoms with Crippen molar-refractivity contribution in [3.63, 3.8) is 0 Å². The average Bonchev–Trinajstić information content (AvgIpc) is 2.49. The smallest absolute Gasteiger partial charge is 0.352 e. The number of hydrogen-bond donors (Lipinski definition) is 2. The van der Waals surface area contributed by atoms with Crippen LogP contribution in [0.3, 0.4) is 0 Å². The van der Waals surface area contributed by atoms with E-state index in [0.29, 0.717) is 5.52 Å². The fraction of sp³-hybridized carbons (Fsp3) is 0.125. The van der Waals surface area contributed by atoms with Crippen LogP contribution in [0, 0.1) is 6.92 Å². The Kier molecular flexibility index (Phi) is 1.51. The van der Waals surface area contributed by atoms with Crippen molar-refractivity contribution < 1.29 is 9.90 Å². The lowest BCUT2D eigenvalue weighted by Gasteiger charge is -1.89. The maximum Gasteiger partial charge on any atom is 0.352 e. The molecule has 0 saturated heterocycles. The van der Waals surface area contributed by atoms with E-state index in [0.717, 1.165) is 11.1 Å². The summed E-state index contributed by atoms with van der Waals surface area (Å²) in [6.07, 6.45) is 1.51. The van der Waals surface area contributed by atoms with Crippen LogP contribution in [0.4, 0.5) is 0 Å². The fourth-order valence-corrected chi connectivity index (χ4v) is 1.21. The van der Waals surface area contributed by atoms with Gasteiger partial charge in [-0.1, -0.05) is 0 Å². The molecular weight excluding hydrogens is 170 g/mol. The van der Waals surface area contributed by atoms with Crippen LogP contribution in [0.1, 0.15) is 16.2 Å². The molecule has 0 bridgehead atoms. The van der Waals surface area contributed by atoms with Crippen LogP contribution < -0.4 is 0 Å². The second-order valence-electron chi connectivity index (χ2n) is 2.75. The fourth-order valence-electron chi connectivity index (χ4n) is 1.21.